The normalized spacial score (nSPS) is 14.5. The molecule has 1 aromatic carbocycles. The number of hydrogen-bond donors (Lipinski definition) is 1. The second kappa shape index (κ2) is 5.04. The van der Waals surface area contributed by atoms with Crippen LogP contribution in [0.3, 0.4) is 0 Å². The fourth-order valence-electron chi connectivity index (χ4n) is 1.57. The minimum absolute atomic E-state index is 0.0378. The summed E-state index contributed by atoms with van der Waals surface area (Å²) in [5.74, 6) is -0.297. The van der Waals surface area contributed by atoms with Crippen LogP contribution in [0.2, 0.25) is 0 Å². The summed E-state index contributed by atoms with van der Waals surface area (Å²) >= 11 is 3.08. The van der Waals surface area contributed by atoms with E-state index in [1.54, 1.807) is 17.0 Å². The van der Waals surface area contributed by atoms with Gasteiger partial charge in [-0.2, -0.15) is 0 Å². The van der Waals surface area contributed by atoms with E-state index in [-0.39, 0.29) is 18.3 Å². The lowest BCUT2D eigenvalue weighted by atomic mass is 10.3. The average Bonchev–Trinajstić information content (AvgIpc) is 3.13. The number of benzene rings is 1. The third-order valence-electron chi connectivity index (χ3n) is 2.85. The van der Waals surface area contributed by atoms with Crippen LogP contribution in [0.4, 0.5) is 10.1 Å². The highest BCUT2D eigenvalue weighted by molar-refractivity contribution is 9.10. The lowest BCUT2D eigenvalue weighted by Gasteiger charge is -2.16. The van der Waals surface area contributed by atoms with Crippen molar-refractivity contribution in [2.75, 3.05) is 18.9 Å². The Morgan fingerprint density at radius 3 is 2.88 bits per heavy atom. The Morgan fingerprint density at radius 1 is 1.59 bits per heavy atom. The van der Waals surface area contributed by atoms with Crippen LogP contribution in [-0.2, 0) is 4.79 Å². The smallest absolute Gasteiger partial charge is 0.241 e. The number of hydrogen-bond acceptors (Lipinski definition) is 2. The molecule has 0 aromatic heterocycles. The molecule has 1 N–H and O–H groups in total. The van der Waals surface area contributed by atoms with E-state index in [9.17, 15) is 9.18 Å². The zero-order valence-corrected chi connectivity index (χ0v) is 11.1. The Hall–Kier alpha value is -1.10. The van der Waals surface area contributed by atoms with Crippen LogP contribution in [0.5, 0.6) is 0 Å². The molecule has 0 aliphatic heterocycles. The van der Waals surface area contributed by atoms with Crippen molar-refractivity contribution in [2.45, 2.75) is 18.9 Å². The van der Waals surface area contributed by atoms with Gasteiger partial charge in [0.1, 0.15) is 5.82 Å². The molecule has 1 fully saturated rings. The van der Waals surface area contributed by atoms with Crippen molar-refractivity contribution in [1.29, 1.82) is 0 Å². The summed E-state index contributed by atoms with van der Waals surface area (Å²) in [6, 6.07) is 5.13. The summed E-state index contributed by atoms with van der Waals surface area (Å²) in [6.07, 6.45) is 2.18. The molecule has 1 aliphatic carbocycles. The number of halogens is 2. The molecule has 0 saturated heterocycles. The first-order chi connectivity index (χ1) is 8.08. The van der Waals surface area contributed by atoms with Crippen molar-refractivity contribution in [3.63, 3.8) is 0 Å². The lowest BCUT2D eigenvalue weighted by Crippen LogP contribution is -2.33. The van der Waals surface area contributed by atoms with Gasteiger partial charge in [-0.3, -0.25) is 4.79 Å². The van der Waals surface area contributed by atoms with Gasteiger partial charge in [0.2, 0.25) is 5.91 Å². The number of carbonyl (C=O) groups is 1. The molecule has 2 rings (SSSR count). The maximum Gasteiger partial charge on any atom is 0.241 e. The highest BCUT2D eigenvalue weighted by atomic mass is 79.9. The number of anilines is 1. The van der Waals surface area contributed by atoms with E-state index in [2.05, 4.69) is 21.2 Å². The van der Waals surface area contributed by atoms with E-state index in [1.807, 2.05) is 7.05 Å². The Labute approximate surface area is 108 Å². The largest absolute Gasteiger partial charge is 0.376 e. The van der Waals surface area contributed by atoms with Crippen LogP contribution in [-0.4, -0.2) is 30.4 Å². The number of rotatable bonds is 4. The van der Waals surface area contributed by atoms with Gasteiger partial charge in [-0.1, -0.05) is 0 Å². The molecule has 92 valence electrons. The fourth-order valence-corrected chi connectivity index (χ4v) is 1.82. The molecule has 5 heteroatoms. The van der Waals surface area contributed by atoms with E-state index < -0.39 is 0 Å². The molecule has 0 radical (unpaired) electrons. The number of likely N-dealkylation sites (N-methyl/N-ethyl adjacent to an activating group) is 1. The summed E-state index contributed by atoms with van der Waals surface area (Å²) in [5, 5.41) is 2.92. The zero-order chi connectivity index (χ0) is 12.4. The van der Waals surface area contributed by atoms with Gasteiger partial charge in [0, 0.05) is 18.8 Å². The molecule has 0 bridgehead atoms. The van der Waals surface area contributed by atoms with Gasteiger partial charge in [-0.25, -0.2) is 4.39 Å². The van der Waals surface area contributed by atoms with Crippen LogP contribution in [0.25, 0.3) is 0 Å². The monoisotopic (exact) mass is 300 g/mol. The minimum atomic E-state index is -0.335. The second-order valence-corrected chi connectivity index (χ2v) is 5.07. The van der Waals surface area contributed by atoms with E-state index in [4.69, 9.17) is 0 Å². The molecule has 1 amide bonds. The van der Waals surface area contributed by atoms with Crippen molar-refractivity contribution in [1.82, 2.24) is 4.90 Å². The van der Waals surface area contributed by atoms with Gasteiger partial charge in [-0.05, 0) is 47.0 Å². The highest BCUT2D eigenvalue weighted by Gasteiger charge is 2.29. The first kappa shape index (κ1) is 12.4. The summed E-state index contributed by atoms with van der Waals surface area (Å²) in [4.78, 5) is 13.5. The van der Waals surface area contributed by atoms with Crippen LogP contribution in [0, 0.1) is 5.82 Å². The average molecular weight is 301 g/mol. The van der Waals surface area contributed by atoms with Crippen LogP contribution < -0.4 is 5.32 Å². The van der Waals surface area contributed by atoms with E-state index in [0.29, 0.717) is 16.2 Å². The topological polar surface area (TPSA) is 32.3 Å². The summed E-state index contributed by atoms with van der Waals surface area (Å²) in [7, 11) is 1.81. The van der Waals surface area contributed by atoms with Crippen molar-refractivity contribution in [2.24, 2.45) is 0 Å². The van der Waals surface area contributed by atoms with Crippen molar-refractivity contribution >= 4 is 27.5 Å². The number of nitrogens with zero attached hydrogens (tertiary/aromatic N) is 1. The Kier molecular flexibility index (Phi) is 3.66. The van der Waals surface area contributed by atoms with E-state index in [0.717, 1.165) is 12.8 Å². The van der Waals surface area contributed by atoms with E-state index in [1.165, 1.54) is 6.07 Å². The molecule has 1 aromatic rings. The number of amides is 1. The van der Waals surface area contributed by atoms with Crippen molar-refractivity contribution in [3.05, 3.63) is 28.5 Å². The summed E-state index contributed by atoms with van der Waals surface area (Å²) in [6.45, 7) is 0.202. The standard InChI is InChI=1S/C12H14BrFN2O/c1-16(9-3-4-9)12(17)7-15-8-2-5-10(13)11(14)6-8/h2,5-6,9,15H,3-4,7H2,1H3. The maximum absolute atomic E-state index is 13.2. The molecule has 3 nitrogen and oxygen atoms in total. The molecule has 0 atom stereocenters. The van der Waals surface area contributed by atoms with Crippen LogP contribution in [0.15, 0.2) is 22.7 Å². The van der Waals surface area contributed by atoms with Crippen molar-refractivity contribution in [3.8, 4) is 0 Å². The molecule has 0 unspecified atom stereocenters. The predicted molar refractivity (Wildman–Crippen MR) is 68.4 cm³/mol. The molecule has 1 aliphatic rings. The maximum atomic E-state index is 13.2. The molecule has 0 spiro atoms. The highest BCUT2D eigenvalue weighted by Crippen LogP contribution is 2.25. The van der Waals surface area contributed by atoms with Crippen LogP contribution >= 0.6 is 15.9 Å². The Bertz CT molecular complexity index is 435. The molecule has 17 heavy (non-hydrogen) atoms. The summed E-state index contributed by atoms with van der Waals surface area (Å²) in [5.41, 5.74) is 0.614. The number of nitrogens with one attached hydrogen (secondary N) is 1. The molecule has 0 heterocycles. The Balaban J connectivity index is 1.88. The second-order valence-electron chi connectivity index (χ2n) is 4.22. The van der Waals surface area contributed by atoms with Gasteiger partial charge in [0.15, 0.2) is 0 Å². The Morgan fingerprint density at radius 2 is 2.29 bits per heavy atom. The molecular formula is C12H14BrFN2O. The first-order valence-corrected chi connectivity index (χ1v) is 6.32. The first-order valence-electron chi connectivity index (χ1n) is 5.52. The lowest BCUT2D eigenvalue weighted by molar-refractivity contribution is -0.128. The molecular weight excluding hydrogens is 287 g/mol. The SMILES string of the molecule is CN(C(=O)CNc1ccc(Br)c(F)c1)C1CC1. The van der Waals surface area contributed by atoms with Crippen molar-refractivity contribution < 1.29 is 9.18 Å². The fraction of sp³-hybridized carbons (Fsp3) is 0.417. The summed E-state index contributed by atoms with van der Waals surface area (Å²) < 4.78 is 13.6. The third kappa shape index (κ3) is 3.19. The predicted octanol–water partition coefficient (Wildman–Crippen LogP) is 2.62. The van der Waals surface area contributed by atoms with Gasteiger partial charge in [0.25, 0.3) is 0 Å². The van der Waals surface area contributed by atoms with Crippen LogP contribution in [0.1, 0.15) is 12.8 Å². The van der Waals surface area contributed by atoms with Gasteiger partial charge < -0.3 is 10.2 Å². The van der Waals surface area contributed by atoms with Gasteiger partial charge >= 0.3 is 0 Å². The molecule has 1 saturated carbocycles. The minimum Gasteiger partial charge on any atom is -0.376 e. The van der Waals surface area contributed by atoms with Gasteiger partial charge in [-0.15, -0.1) is 0 Å². The van der Waals surface area contributed by atoms with E-state index >= 15 is 0 Å². The quantitative estimate of drug-likeness (QED) is 0.927. The number of carbonyl (C=O) groups excluding carboxylic acids is 1. The zero-order valence-electron chi connectivity index (χ0n) is 9.54. The third-order valence-corrected chi connectivity index (χ3v) is 3.49. The van der Waals surface area contributed by atoms with Gasteiger partial charge in [0.05, 0.1) is 11.0 Å².